The fourth-order valence-corrected chi connectivity index (χ4v) is 10.4. The summed E-state index contributed by atoms with van der Waals surface area (Å²) >= 11 is 0. The summed E-state index contributed by atoms with van der Waals surface area (Å²) in [4.78, 5) is 70.7. The SMILES string of the molecule is [CH3-].[Zn+2].[Zn].c1ccc([C@]23N=C(Nc4nc5ccccc5[nH]4)N[C@@]2(c2ccccn2)N=C(Nc2nc4ccccc4[nH]2)[N-]3)nc1.c1ccc([C@]23N=C(Nc4nc5ccccc5[nH]4)N[C@@]2(c2ccccn2)N=C(Nc2nc4ccccc4[nH]2)[N-]3)nc1. The summed E-state index contributed by atoms with van der Waals surface area (Å²) in [5.41, 5.74) is 4.26. The third-order valence-electron chi connectivity index (χ3n) is 13.8. The minimum atomic E-state index is -1.31. The van der Waals surface area contributed by atoms with Crippen molar-refractivity contribution in [3.63, 3.8) is 0 Å². The van der Waals surface area contributed by atoms with Gasteiger partial charge in [-0.3, -0.25) is 30.6 Å². The average Bonchev–Trinajstić information content (AvgIpc) is 1.87. The molecule has 4 aromatic carbocycles. The van der Waals surface area contributed by atoms with Crippen LogP contribution in [0.4, 0.5) is 23.8 Å². The summed E-state index contributed by atoms with van der Waals surface area (Å²) in [5.74, 6) is 3.59. The summed E-state index contributed by atoms with van der Waals surface area (Å²) in [6.07, 6.45) is 6.88. The Kier molecular flexibility index (Phi) is 13.7. The van der Waals surface area contributed by atoms with Gasteiger partial charge in [-0.15, -0.1) is 0 Å². The predicted molar refractivity (Wildman–Crippen MR) is 312 cm³/mol. The zero-order chi connectivity index (χ0) is 53.1. The van der Waals surface area contributed by atoms with E-state index >= 15 is 0 Å². The normalized spacial score (nSPS) is 20.6. The molecule has 8 aromatic heterocycles. The number of guanidine groups is 4. The summed E-state index contributed by atoms with van der Waals surface area (Å²) < 4.78 is 0. The molecule has 4 aliphatic rings. The molecule has 10 N–H and O–H groups in total. The minimum Gasteiger partial charge on any atom is -0.383 e. The van der Waals surface area contributed by atoms with Crippen LogP contribution in [0.2, 0.25) is 0 Å². The van der Waals surface area contributed by atoms with Crippen molar-refractivity contribution >= 4 is 91.8 Å². The quantitative estimate of drug-likeness (QED) is 0.0502. The smallest absolute Gasteiger partial charge is 0.383 e. The van der Waals surface area contributed by atoms with Gasteiger partial charge in [0.05, 0.1) is 66.9 Å². The number of benzene rings is 4. The Balaban J connectivity index is 0.000000158. The van der Waals surface area contributed by atoms with Crippen molar-refractivity contribution < 1.29 is 39.0 Å². The van der Waals surface area contributed by atoms with E-state index in [0.29, 0.717) is 70.4 Å². The van der Waals surface area contributed by atoms with E-state index in [2.05, 4.69) is 91.7 Å². The van der Waals surface area contributed by atoms with Gasteiger partial charge in [0.15, 0.2) is 22.7 Å². The molecule has 26 heteroatoms. The summed E-state index contributed by atoms with van der Waals surface area (Å²) in [6, 6.07) is 53.8. The van der Waals surface area contributed by atoms with Crippen LogP contribution in [-0.4, -0.2) is 83.6 Å². The van der Waals surface area contributed by atoms with Crippen molar-refractivity contribution in [2.75, 3.05) is 21.3 Å². The molecule has 24 nitrogen and oxygen atoms in total. The number of aromatic nitrogens is 12. The number of imidazole rings is 4. The predicted octanol–water partition coefficient (Wildman–Crippen LogP) is 8.77. The van der Waals surface area contributed by atoms with Crippen molar-refractivity contribution in [2.45, 2.75) is 22.7 Å². The van der Waals surface area contributed by atoms with E-state index in [0.717, 1.165) is 44.1 Å². The number of anilines is 4. The molecular weight excluding hydrogens is 1150 g/mol. The van der Waals surface area contributed by atoms with Gasteiger partial charge in [0.25, 0.3) is 0 Å². The van der Waals surface area contributed by atoms with Crippen LogP contribution in [-0.2, 0) is 61.6 Å². The Labute approximate surface area is 497 Å². The van der Waals surface area contributed by atoms with Crippen LogP contribution >= 0.6 is 0 Å². The maximum Gasteiger partial charge on any atom is 2.00 e. The first-order valence-corrected chi connectivity index (χ1v) is 25.4. The van der Waals surface area contributed by atoms with Crippen molar-refractivity contribution in [3.8, 4) is 0 Å². The van der Waals surface area contributed by atoms with Crippen LogP contribution in [0, 0.1) is 7.43 Å². The van der Waals surface area contributed by atoms with E-state index in [9.17, 15) is 0 Å². The van der Waals surface area contributed by atoms with Crippen LogP contribution in [0.5, 0.6) is 0 Å². The molecule has 12 heterocycles. The Bertz CT molecular complexity index is 3740. The van der Waals surface area contributed by atoms with Gasteiger partial charge in [-0.05, 0) is 97.1 Å². The second kappa shape index (κ2) is 21.3. The molecule has 398 valence electrons. The second-order valence-corrected chi connectivity index (χ2v) is 18.8. The summed E-state index contributed by atoms with van der Waals surface area (Å²) in [5, 5.41) is 30.1. The first-order chi connectivity index (χ1) is 39.4. The molecule has 0 unspecified atom stereocenters. The molecule has 16 rings (SSSR count). The molecule has 0 saturated carbocycles. The summed E-state index contributed by atoms with van der Waals surface area (Å²) in [7, 11) is 0. The van der Waals surface area contributed by atoms with Gasteiger partial charge in [0.2, 0.25) is 23.8 Å². The van der Waals surface area contributed by atoms with Crippen molar-refractivity contribution in [2.24, 2.45) is 20.0 Å². The largest absolute Gasteiger partial charge is 2.00 e. The van der Waals surface area contributed by atoms with Gasteiger partial charge in [-0.1, -0.05) is 72.8 Å². The van der Waals surface area contributed by atoms with Gasteiger partial charge in [-0.25, -0.2) is 29.9 Å². The molecule has 0 amide bonds. The first-order valence-electron chi connectivity index (χ1n) is 25.4. The number of nitrogens with one attached hydrogen (secondary N) is 10. The molecule has 0 saturated heterocycles. The molecule has 0 spiro atoms. The number of H-pyrrole nitrogens is 4. The number of pyridine rings is 4. The maximum absolute atomic E-state index is 5.08. The fourth-order valence-electron chi connectivity index (χ4n) is 10.4. The minimum absolute atomic E-state index is 0. The van der Waals surface area contributed by atoms with E-state index in [1.165, 1.54) is 0 Å². The third kappa shape index (κ3) is 9.09. The molecule has 4 aliphatic heterocycles. The van der Waals surface area contributed by atoms with Crippen LogP contribution in [0.25, 0.3) is 54.8 Å². The van der Waals surface area contributed by atoms with Crippen molar-refractivity contribution in [1.82, 2.24) is 70.4 Å². The molecule has 83 heavy (non-hydrogen) atoms. The molecule has 4 atom stereocenters. The number of hydrogen-bond donors (Lipinski definition) is 10. The third-order valence-corrected chi connectivity index (χ3v) is 13.8. The Morgan fingerprint density at radius 3 is 0.928 bits per heavy atom. The molecule has 0 aliphatic carbocycles. The Hall–Kier alpha value is -10.3. The molecular formula is C57H45N24Zn2-. The molecule has 12 aromatic rings. The number of rotatable bonds is 8. The van der Waals surface area contributed by atoms with Crippen LogP contribution < -0.4 is 31.9 Å². The number of nitrogens with zero attached hydrogens (tertiary/aromatic N) is 14. The van der Waals surface area contributed by atoms with E-state index < -0.39 is 22.7 Å². The van der Waals surface area contributed by atoms with E-state index in [1.807, 2.05) is 170 Å². The number of aliphatic imine (C=N–C) groups is 4. The monoisotopic (exact) mass is 1190 g/mol. The Morgan fingerprint density at radius 1 is 0.337 bits per heavy atom. The van der Waals surface area contributed by atoms with Gasteiger partial charge in [-0.2, -0.15) is 0 Å². The second-order valence-electron chi connectivity index (χ2n) is 18.8. The fraction of sp³-hybridized carbons (Fsp3) is 0.0702. The van der Waals surface area contributed by atoms with E-state index in [4.69, 9.17) is 30.6 Å². The number of para-hydroxylation sites is 8. The molecule has 0 bridgehead atoms. The zero-order valence-electron chi connectivity index (χ0n) is 44.2. The van der Waals surface area contributed by atoms with Crippen LogP contribution in [0.15, 0.2) is 215 Å². The van der Waals surface area contributed by atoms with E-state index in [1.54, 1.807) is 24.8 Å². The number of fused-ring (bicyclic) bond motifs is 6. The van der Waals surface area contributed by atoms with Gasteiger partial charge >= 0.3 is 19.5 Å². The number of hydrogen-bond acceptors (Lipinski definition) is 18. The maximum atomic E-state index is 5.08. The first kappa shape index (κ1) is 53.3. The van der Waals surface area contributed by atoms with Crippen LogP contribution in [0.1, 0.15) is 22.8 Å². The Morgan fingerprint density at radius 2 is 0.627 bits per heavy atom. The van der Waals surface area contributed by atoms with Gasteiger partial charge in [0, 0.05) is 56.2 Å². The van der Waals surface area contributed by atoms with Crippen molar-refractivity contribution in [3.05, 3.63) is 235 Å². The van der Waals surface area contributed by atoms with Crippen LogP contribution in [0.3, 0.4) is 0 Å². The summed E-state index contributed by atoms with van der Waals surface area (Å²) in [6.45, 7) is 0. The van der Waals surface area contributed by atoms with Gasteiger partial charge < -0.3 is 69.2 Å². The topological polar surface area (TPSA) is 316 Å². The molecule has 0 radical (unpaired) electrons. The molecule has 0 fully saturated rings. The standard InChI is InChI=1S/2C28H21N12.CH3.2Zn/c2*1-2-10-18-17(9-1)31-23(32-18)35-25-37-27(21-13-5-7-15-29-21)28(38-25,22-14-6-8-16-30-22)40-26(39-27)36-24-33-19-11-3-4-12-20(19)34-24;;;/h2*1-16H,(H5-,31,32,33,34,35,36,37,38,39,40);1H3;;/q3*-1;;+2/t2*27-,28+;;;. The zero-order valence-corrected chi connectivity index (χ0v) is 50.1. The average molecular weight is 1200 g/mol. The van der Waals surface area contributed by atoms with E-state index in [-0.39, 0.29) is 46.4 Å². The van der Waals surface area contributed by atoms with Gasteiger partial charge in [0.1, 0.15) is 11.9 Å². The van der Waals surface area contributed by atoms with Crippen molar-refractivity contribution in [1.29, 1.82) is 0 Å². The number of aromatic amines is 4.